The fraction of sp³-hybridized carbons (Fsp3) is 1.00. The van der Waals surface area contributed by atoms with Crippen LogP contribution in [0.15, 0.2) is 0 Å². The van der Waals surface area contributed by atoms with Gasteiger partial charge in [0.25, 0.3) is 0 Å². The Kier molecular flexibility index (Phi) is 6.50. The molecule has 102 valence electrons. The third-order valence-corrected chi connectivity index (χ3v) is 4.08. The maximum absolute atomic E-state index is 6.16. The lowest BCUT2D eigenvalue weighted by Crippen LogP contribution is -2.43. The second kappa shape index (κ2) is 7.38. The summed E-state index contributed by atoms with van der Waals surface area (Å²) in [5, 5.41) is 0. The van der Waals surface area contributed by atoms with Gasteiger partial charge >= 0.3 is 0 Å². The lowest BCUT2D eigenvalue weighted by molar-refractivity contribution is -0.00929. The highest BCUT2D eigenvalue weighted by Gasteiger charge is 2.30. The van der Waals surface area contributed by atoms with Gasteiger partial charge in [-0.2, -0.15) is 0 Å². The third kappa shape index (κ3) is 5.39. The third-order valence-electron chi connectivity index (χ3n) is 4.08. The zero-order chi connectivity index (χ0) is 12.8. The second-order valence-electron chi connectivity index (χ2n) is 6.43. The first-order chi connectivity index (χ1) is 8.00. The normalized spacial score (nSPS) is 30.2. The van der Waals surface area contributed by atoms with E-state index in [9.17, 15) is 0 Å². The standard InChI is InChI=1S/C15H31NO/c1-11(2)6-5-9-17-15-10-13(12(3)4)7-8-14(15)16/h11-15H,5-10,16H2,1-4H3. The van der Waals surface area contributed by atoms with Crippen molar-refractivity contribution in [2.75, 3.05) is 6.61 Å². The van der Waals surface area contributed by atoms with E-state index in [0.29, 0.717) is 6.10 Å². The van der Waals surface area contributed by atoms with Crippen molar-refractivity contribution >= 4 is 0 Å². The Labute approximate surface area is 107 Å². The van der Waals surface area contributed by atoms with E-state index in [1.807, 2.05) is 0 Å². The van der Waals surface area contributed by atoms with Gasteiger partial charge in [0.05, 0.1) is 6.10 Å². The maximum Gasteiger partial charge on any atom is 0.0728 e. The molecule has 0 aromatic rings. The average Bonchev–Trinajstić information content (AvgIpc) is 2.25. The van der Waals surface area contributed by atoms with Gasteiger partial charge < -0.3 is 10.5 Å². The summed E-state index contributed by atoms with van der Waals surface area (Å²) < 4.78 is 6.00. The molecule has 1 aliphatic carbocycles. The highest BCUT2D eigenvalue weighted by Crippen LogP contribution is 2.31. The molecule has 3 unspecified atom stereocenters. The van der Waals surface area contributed by atoms with Gasteiger partial charge in [-0.15, -0.1) is 0 Å². The van der Waals surface area contributed by atoms with Gasteiger partial charge in [0.15, 0.2) is 0 Å². The number of nitrogens with two attached hydrogens (primary N) is 1. The van der Waals surface area contributed by atoms with Crippen LogP contribution >= 0.6 is 0 Å². The molecule has 1 rings (SSSR count). The SMILES string of the molecule is CC(C)CCCOC1CC(C(C)C)CCC1N. The Balaban J connectivity index is 2.25. The molecule has 0 bridgehead atoms. The molecule has 1 saturated carbocycles. The molecule has 2 N–H and O–H groups in total. The molecule has 0 amide bonds. The van der Waals surface area contributed by atoms with Crippen LogP contribution in [0.4, 0.5) is 0 Å². The van der Waals surface area contributed by atoms with Crippen molar-refractivity contribution in [2.24, 2.45) is 23.5 Å². The van der Waals surface area contributed by atoms with Crippen LogP contribution in [0.3, 0.4) is 0 Å². The number of ether oxygens (including phenoxy) is 1. The summed E-state index contributed by atoms with van der Waals surface area (Å²) in [6.07, 6.45) is 6.33. The predicted octanol–water partition coefficient (Wildman–Crippen LogP) is 3.59. The van der Waals surface area contributed by atoms with Crippen molar-refractivity contribution in [3.63, 3.8) is 0 Å². The van der Waals surface area contributed by atoms with Gasteiger partial charge in [-0.25, -0.2) is 0 Å². The van der Waals surface area contributed by atoms with Crippen molar-refractivity contribution in [1.29, 1.82) is 0 Å². The molecule has 0 aliphatic heterocycles. The van der Waals surface area contributed by atoms with Crippen LogP contribution in [0, 0.1) is 17.8 Å². The Morgan fingerprint density at radius 1 is 1.18 bits per heavy atom. The topological polar surface area (TPSA) is 35.2 Å². The van der Waals surface area contributed by atoms with Crippen LogP contribution in [-0.4, -0.2) is 18.8 Å². The minimum atomic E-state index is 0.268. The van der Waals surface area contributed by atoms with E-state index in [2.05, 4.69) is 27.7 Å². The van der Waals surface area contributed by atoms with Crippen molar-refractivity contribution < 1.29 is 4.74 Å². The number of hydrogen-bond acceptors (Lipinski definition) is 2. The van der Waals surface area contributed by atoms with Crippen LogP contribution in [0.5, 0.6) is 0 Å². The van der Waals surface area contributed by atoms with Gasteiger partial charge in [-0.3, -0.25) is 0 Å². The van der Waals surface area contributed by atoms with E-state index in [-0.39, 0.29) is 6.04 Å². The minimum absolute atomic E-state index is 0.268. The summed E-state index contributed by atoms with van der Waals surface area (Å²) in [6, 6.07) is 0.268. The first-order valence-corrected chi connectivity index (χ1v) is 7.38. The Bertz CT molecular complexity index is 203. The van der Waals surface area contributed by atoms with Gasteiger partial charge in [-0.05, 0) is 49.9 Å². The molecule has 1 aliphatic rings. The van der Waals surface area contributed by atoms with Crippen molar-refractivity contribution in [2.45, 2.75) is 71.9 Å². The van der Waals surface area contributed by atoms with E-state index >= 15 is 0 Å². The minimum Gasteiger partial charge on any atom is -0.377 e. The van der Waals surface area contributed by atoms with Gasteiger partial charge in [0.2, 0.25) is 0 Å². The Morgan fingerprint density at radius 2 is 1.88 bits per heavy atom. The summed E-state index contributed by atoms with van der Waals surface area (Å²) in [4.78, 5) is 0. The molecule has 0 spiro atoms. The van der Waals surface area contributed by atoms with Gasteiger partial charge in [0, 0.05) is 12.6 Å². The van der Waals surface area contributed by atoms with Crippen LogP contribution in [0.25, 0.3) is 0 Å². The summed E-state index contributed by atoms with van der Waals surface area (Å²) in [5.41, 5.74) is 6.16. The second-order valence-corrected chi connectivity index (χ2v) is 6.43. The molecular formula is C15H31NO. The largest absolute Gasteiger partial charge is 0.377 e. The fourth-order valence-electron chi connectivity index (χ4n) is 2.71. The molecular weight excluding hydrogens is 210 g/mol. The summed E-state index contributed by atoms with van der Waals surface area (Å²) in [5.74, 6) is 2.36. The summed E-state index contributed by atoms with van der Waals surface area (Å²) >= 11 is 0. The summed E-state index contributed by atoms with van der Waals surface area (Å²) in [6.45, 7) is 10.1. The zero-order valence-electron chi connectivity index (χ0n) is 12.1. The van der Waals surface area contributed by atoms with Crippen molar-refractivity contribution in [3.05, 3.63) is 0 Å². The smallest absolute Gasteiger partial charge is 0.0728 e. The lowest BCUT2D eigenvalue weighted by Gasteiger charge is -2.36. The van der Waals surface area contributed by atoms with Crippen molar-refractivity contribution in [1.82, 2.24) is 0 Å². The molecule has 0 radical (unpaired) electrons. The molecule has 0 aromatic carbocycles. The van der Waals surface area contributed by atoms with Crippen LogP contribution in [0.1, 0.15) is 59.8 Å². The van der Waals surface area contributed by atoms with E-state index in [1.165, 1.54) is 25.7 Å². The number of rotatable bonds is 6. The van der Waals surface area contributed by atoms with Crippen LogP contribution < -0.4 is 5.73 Å². The quantitative estimate of drug-likeness (QED) is 0.721. The highest BCUT2D eigenvalue weighted by atomic mass is 16.5. The molecule has 17 heavy (non-hydrogen) atoms. The summed E-state index contributed by atoms with van der Waals surface area (Å²) in [7, 11) is 0. The maximum atomic E-state index is 6.16. The van der Waals surface area contributed by atoms with Crippen LogP contribution in [-0.2, 0) is 4.74 Å². The van der Waals surface area contributed by atoms with E-state index < -0.39 is 0 Å². The molecule has 0 heterocycles. The van der Waals surface area contributed by atoms with Crippen molar-refractivity contribution in [3.8, 4) is 0 Å². The van der Waals surface area contributed by atoms with Gasteiger partial charge in [0.1, 0.15) is 0 Å². The van der Waals surface area contributed by atoms with Crippen LogP contribution in [0.2, 0.25) is 0 Å². The molecule has 3 atom stereocenters. The number of hydrogen-bond donors (Lipinski definition) is 1. The average molecular weight is 241 g/mol. The van der Waals surface area contributed by atoms with E-state index in [1.54, 1.807) is 0 Å². The fourth-order valence-corrected chi connectivity index (χ4v) is 2.71. The molecule has 0 aromatic heterocycles. The Morgan fingerprint density at radius 3 is 2.47 bits per heavy atom. The lowest BCUT2D eigenvalue weighted by atomic mass is 9.78. The molecule has 2 nitrogen and oxygen atoms in total. The van der Waals surface area contributed by atoms with E-state index in [0.717, 1.165) is 30.8 Å². The van der Waals surface area contributed by atoms with E-state index in [4.69, 9.17) is 10.5 Å². The zero-order valence-corrected chi connectivity index (χ0v) is 12.1. The highest BCUT2D eigenvalue weighted by molar-refractivity contribution is 4.84. The van der Waals surface area contributed by atoms with Gasteiger partial charge in [-0.1, -0.05) is 27.7 Å². The molecule has 2 heteroatoms. The first kappa shape index (κ1) is 15.0. The predicted molar refractivity (Wildman–Crippen MR) is 74.0 cm³/mol. The monoisotopic (exact) mass is 241 g/mol. The first-order valence-electron chi connectivity index (χ1n) is 7.38. The molecule has 0 saturated heterocycles. The molecule has 1 fully saturated rings. The Hall–Kier alpha value is -0.0800.